The number of benzene rings is 1. The van der Waals surface area contributed by atoms with Gasteiger partial charge in [0.05, 0.1) is 35.9 Å². The topological polar surface area (TPSA) is 113 Å². The normalized spacial score (nSPS) is 10.4. The van der Waals surface area contributed by atoms with E-state index in [0.29, 0.717) is 11.3 Å². The highest BCUT2D eigenvalue weighted by Crippen LogP contribution is 2.25. The molecule has 0 unspecified atom stereocenters. The fourth-order valence-electron chi connectivity index (χ4n) is 1.74. The van der Waals surface area contributed by atoms with Crippen LogP contribution in [0.4, 0.5) is 11.5 Å². The van der Waals surface area contributed by atoms with Gasteiger partial charge < -0.3 is 14.9 Å². The van der Waals surface area contributed by atoms with Crippen LogP contribution in [0.15, 0.2) is 24.4 Å². The Balaban J connectivity index is 2.34. The van der Waals surface area contributed by atoms with Gasteiger partial charge in [-0.05, 0) is 16.6 Å². The van der Waals surface area contributed by atoms with E-state index in [-0.39, 0.29) is 17.3 Å². The molecule has 0 atom stereocenters. The summed E-state index contributed by atoms with van der Waals surface area (Å²) >= 11 is 5.69. The molecule has 0 aliphatic rings. The van der Waals surface area contributed by atoms with Crippen molar-refractivity contribution in [2.45, 2.75) is 6.54 Å². The van der Waals surface area contributed by atoms with Crippen LogP contribution in [0.5, 0.6) is 5.75 Å². The molecule has 9 nitrogen and oxygen atoms in total. The Bertz CT molecular complexity index is 715. The number of nitro benzene ring substituents is 1. The van der Waals surface area contributed by atoms with Crippen LogP contribution < -0.4 is 4.74 Å². The third-order valence-electron chi connectivity index (χ3n) is 2.61. The van der Waals surface area contributed by atoms with Crippen molar-refractivity contribution in [1.82, 2.24) is 9.78 Å². The zero-order valence-electron chi connectivity index (χ0n) is 10.7. The van der Waals surface area contributed by atoms with Crippen molar-refractivity contribution in [3.63, 3.8) is 0 Å². The van der Waals surface area contributed by atoms with Gasteiger partial charge in [-0.25, -0.2) is 0 Å². The molecule has 0 N–H and O–H groups in total. The fourth-order valence-corrected chi connectivity index (χ4v) is 1.96. The van der Waals surface area contributed by atoms with Gasteiger partial charge in [-0.2, -0.15) is 4.68 Å². The van der Waals surface area contributed by atoms with Crippen molar-refractivity contribution < 1.29 is 14.6 Å². The van der Waals surface area contributed by atoms with Gasteiger partial charge in [0.25, 0.3) is 5.69 Å². The highest BCUT2D eigenvalue weighted by Gasteiger charge is 2.20. The molecule has 1 aromatic carbocycles. The van der Waals surface area contributed by atoms with Crippen LogP contribution in [0.2, 0.25) is 5.02 Å². The molecule has 1 aromatic heterocycles. The molecule has 2 rings (SSSR count). The monoisotopic (exact) mass is 312 g/mol. The second-order valence-electron chi connectivity index (χ2n) is 4.05. The van der Waals surface area contributed by atoms with Crippen LogP contribution in [0, 0.1) is 20.2 Å². The molecule has 21 heavy (non-hydrogen) atoms. The zero-order valence-corrected chi connectivity index (χ0v) is 11.5. The molecule has 1 heterocycles. The summed E-state index contributed by atoms with van der Waals surface area (Å²) in [5.74, 6) is -0.152. The van der Waals surface area contributed by atoms with Crippen LogP contribution in [0.25, 0.3) is 0 Å². The number of hydrogen-bond acceptors (Lipinski definition) is 6. The van der Waals surface area contributed by atoms with E-state index in [9.17, 15) is 20.2 Å². The van der Waals surface area contributed by atoms with Gasteiger partial charge in [0.15, 0.2) is 5.02 Å². The van der Waals surface area contributed by atoms with E-state index >= 15 is 0 Å². The predicted octanol–water partition coefficient (Wildman–Crippen LogP) is 2.41. The smallest absolute Gasteiger partial charge is 0.408 e. The molecule has 110 valence electrons. The fraction of sp³-hybridized carbons (Fsp3) is 0.182. The lowest BCUT2D eigenvalue weighted by Crippen LogP contribution is -2.02. The van der Waals surface area contributed by atoms with Crippen LogP contribution in [-0.4, -0.2) is 26.7 Å². The maximum atomic E-state index is 10.8. The number of hydrogen-bond donors (Lipinski definition) is 0. The van der Waals surface area contributed by atoms with Crippen molar-refractivity contribution >= 4 is 23.1 Å². The molecule has 0 saturated heterocycles. The molecule has 0 aliphatic carbocycles. The minimum atomic E-state index is -0.702. The molecule has 0 aliphatic heterocycles. The van der Waals surface area contributed by atoms with E-state index in [4.69, 9.17) is 16.3 Å². The number of methoxy groups -OCH3 is 1. The third kappa shape index (κ3) is 3.26. The summed E-state index contributed by atoms with van der Waals surface area (Å²) in [6.45, 7) is 0.0889. The van der Waals surface area contributed by atoms with Gasteiger partial charge >= 0.3 is 5.82 Å². The lowest BCUT2D eigenvalue weighted by atomic mass is 10.2. The summed E-state index contributed by atoms with van der Waals surface area (Å²) in [4.78, 5) is 20.3. The van der Waals surface area contributed by atoms with Gasteiger partial charge in [-0.3, -0.25) is 10.1 Å². The van der Waals surface area contributed by atoms with E-state index in [1.807, 2.05) is 0 Å². The summed E-state index contributed by atoms with van der Waals surface area (Å²) in [6.07, 6.45) is 1.28. The van der Waals surface area contributed by atoms with Crippen LogP contribution in [0.3, 0.4) is 0 Å². The lowest BCUT2D eigenvalue weighted by molar-refractivity contribution is -0.389. The number of halogens is 1. The Kier molecular flexibility index (Phi) is 4.03. The van der Waals surface area contributed by atoms with E-state index in [1.165, 1.54) is 30.1 Å². The van der Waals surface area contributed by atoms with Gasteiger partial charge in [0.2, 0.25) is 0 Å². The first-order valence-electron chi connectivity index (χ1n) is 5.60. The summed E-state index contributed by atoms with van der Waals surface area (Å²) in [7, 11) is 1.39. The average molecular weight is 313 g/mol. The number of rotatable bonds is 5. The first kappa shape index (κ1) is 14.7. The highest BCUT2D eigenvalue weighted by atomic mass is 35.5. The molecular weight excluding hydrogens is 304 g/mol. The van der Waals surface area contributed by atoms with Crippen molar-refractivity contribution in [3.05, 3.63) is 55.2 Å². The van der Waals surface area contributed by atoms with Gasteiger partial charge in [0.1, 0.15) is 5.75 Å². The number of ether oxygens (including phenoxy) is 1. The minimum absolute atomic E-state index is 0.0889. The number of nitrogens with zero attached hydrogens (tertiary/aromatic N) is 4. The first-order valence-corrected chi connectivity index (χ1v) is 5.98. The molecule has 0 saturated carbocycles. The standard InChI is InChI=1S/C11H9ClN4O5/c1-21-9-3-7(2-8(4-9)15(17)18)5-14-6-10(12)11(13-14)16(19)20/h2-4,6H,5H2,1H3. The summed E-state index contributed by atoms with van der Waals surface area (Å²) in [6, 6.07) is 4.19. The Morgan fingerprint density at radius 2 is 2.00 bits per heavy atom. The maximum absolute atomic E-state index is 10.8. The van der Waals surface area contributed by atoms with Crippen LogP contribution >= 0.6 is 11.6 Å². The second-order valence-corrected chi connectivity index (χ2v) is 4.46. The largest absolute Gasteiger partial charge is 0.496 e. The molecular formula is C11H9ClN4O5. The van der Waals surface area contributed by atoms with E-state index in [1.54, 1.807) is 6.07 Å². The SMILES string of the molecule is COc1cc(Cn2cc(Cl)c([N+](=O)[O-])n2)cc([N+](=O)[O-])c1. The predicted molar refractivity (Wildman–Crippen MR) is 72.6 cm³/mol. The average Bonchev–Trinajstić information content (AvgIpc) is 2.79. The van der Waals surface area contributed by atoms with E-state index in [0.717, 1.165) is 0 Å². The molecule has 0 bridgehead atoms. The maximum Gasteiger partial charge on any atom is 0.408 e. The summed E-state index contributed by atoms with van der Waals surface area (Å²) in [5.41, 5.74) is 0.368. The number of nitro groups is 2. The summed E-state index contributed by atoms with van der Waals surface area (Å²) in [5, 5.41) is 25.1. The number of non-ortho nitro benzene ring substituents is 1. The van der Waals surface area contributed by atoms with Crippen molar-refractivity contribution in [3.8, 4) is 5.75 Å². The number of aromatic nitrogens is 2. The van der Waals surface area contributed by atoms with E-state index < -0.39 is 15.7 Å². The Labute approximate surface area is 123 Å². The highest BCUT2D eigenvalue weighted by molar-refractivity contribution is 6.32. The molecule has 0 spiro atoms. The van der Waals surface area contributed by atoms with E-state index in [2.05, 4.69) is 5.10 Å². The molecule has 2 aromatic rings. The molecule has 0 amide bonds. The summed E-state index contributed by atoms with van der Waals surface area (Å²) < 4.78 is 6.22. The third-order valence-corrected chi connectivity index (χ3v) is 2.88. The lowest BCUT2D eigenvalue weighted by Gasteiger charge is -2.03. The molecule has 0 fully saturated rings. The molecule has 0 radical (unpaired) electrons. The first-order chi connectivity index (χ1) is 9.90. The zero-order chi connectivity index (χ0) is 15.6. The Morgan fingerprint density at radius 1 is 1.29 bits per heavy atom. The second kappa shape index (κ2) is 5.75. The van der Waals surface area contributed by atoms with Gasteiger partial charge in [-0.15, -0.1) is 0 Å². The van der Waals surface area contributed by atoms with Crippen molar-refractivity contribution in [2.75, 3.05) is 7.11 Å². The molecule has 10 heteroatoms. The van der Waals surface area contributed by atoms with Crippen molar-refractivity contribution in [1.29, 1.82) is 0 Å². The van der Waals surface area contributed by atoms with Gasteiger partial charge in [-0.1, -0.05) is 11.6 Å². The Morgan fingerprint density at radius 3 is 2.52 bits per heavy atom. The van der Waals surface area contributed by atoms with Crippen molar-refractivity contribution in [2.24, 2.45) is 0 Å². The van der Waals surface area contributed by atoms with Crippen LogP contribution in [0.1, 0.15) is 5.56 Å². The minimum Gasteiger partial charge on any atom is -0.496 e. The van der Waals surface area contributed by atoms with Crippen LogP contribution in [-0.2, 0) is 6.54 Å². The van der Waals surface area contributed by atoms with Gasteiger partial charge in [0, 0.05) is 6.07 Å². The Hall–Kier alpha value is -2.68. The quantitative estimate of drug-likeness (QED) is 0.618.